The molecule has 10 heavy (non-hydrogen) atoms. The average Bonchev–Trinajstić information content (AvgIpc) is 2.62. The fourth-order valence-corrected chi connectivity index (χ4v) is 1.59. The standard InChI is InChI=1S/C8H11NO/c9-6-8(2-1-3-8)4-7-5-10-7/h7H,1-5H2/t7-/m0/s1. The van der Waals surface area contributed by atoms with Crippen LogP contribution in [-0.2, 0) is 4.74 Å². The van der Waals surface area contributed by atoms with Crippen LogP contribution in [0.2, 0.25) is 0 Å². The molecule has 0 radical (unpaired) electrons. The summed E-state index contributed by atoms with van der Waals surface area (Å²) in [7, 11) is 0. The highest BCUT2D eigenvalue weighted by molar-refractivity contribution is 5.06. The molecule has 1 aliphatic carbocycles. The fourth-order valence-electron chi connectivity index (χ4n) is 1.59. The molecule has 2 aliphatic rings. The van der Waals surface area contributed by atoms with Gasteiger partial charge in [-0.2, -0.15) is 5.26 Å². The molecule has 1 saturated heterocycles. The maximum absolute atomic E-state index is 8.81. The Morgan fingerprint density at radius 2 is 2.30 bits per heavy atom. The molecule has 0 aromatic heterocycles. The quantitative estimate of drug-likeness (QED) is 0.540. The molecule has 0 bridgehead atoms. The van der Waals surface area contributed by atoms with Crippen molar-refractivity contribution >= 4 is 0 Å². The van der Waals surface area contributed by atoms with Crippen molar-refractivity contribution in [3.63, 3.8) is 0 Å². The maximum atomic E-state index is 8.81. The molecule has 2 rings (SSSR count). The van der Waals surface area contributed by atoms with E-state index in [1.807, 2.05) is 0 Å². The Hall–Kier alpha value is -0.550. The third kappa shape index (κ3) is 0.911. The van der Waals surface area contributed by atoms with Crippen LogP contribution >= 0.6 is 0 Å². The van der Waals surface area contributed by atoms with Crippen LogP contribution < -0.4 is 0 Å². The summed E-state index contributed by atoms with van der Waals surface area (Å²) in [4.78, 5) is 0. The predicted molar refractivity (Wildman–Crippen MR) is 36.3 cm³/mol. The van der Waals surface area contributed by atoms with Gasteiger partial charge >= 0.3 is 0 Å². The molecule has 2 nitrogen and oxygen atoms in total. The zero-order valence-corrected chi connectivity index (χ0v) is 5.97. The topological polar surface area (TPSA) is 36.3 Å². The lowest BCUT2D eigenvalue weighted by Crippen LogP contribution is -2.28. The third-order valence-corrected chi connectivity index (χ3v) is 2.57. The van der Waals surface area contributed by atoms with Gasteiger partial charge in [-0.3, -0.25) is 0 Å². The second-order valence-electron chi connectivity index (χ2n) is 3.41. The van der Waals surface area contributed by atoms with E-state index >= 15 is 0 Å². The molecule has 1 aliphatic heterocycles. The molecule has 0 aromatic carbocycles. The van der Waals surface area contributed by atoms with Crippen LogP contribution in [0, 0.1) is 16.7 Å². The minimum atomic E-state index is 0.0289. The summed E-state index contributed by atoms with van der Waals surface area (Å²) in [5.74, 6) is 0. The lowest BCUT2D eigenvalue weighted by molar-refractivity contribution is 0.176. The van der Waals surface area contributed by atoms with E-state index in [0.29, 0.717) is 6.10 Å². The molecule has 54 valence electrons. The van der Waals surface area contributed by atoms with Crippen molar-refractivity contribution in [2.75, 3.05) is 6.61 Å². The number of nitriles is 1. The van der Waals surface area contributed by atoms with Crippen molar-refractivity contribution in [2.45, 2.75) is 31.8 Å². The van der Waals surface area contributed by atoms with Crippen molar-refractivity contribution in [2.24, 2.45) is 5.41 Å². The Kier molecular flexibility index (Phi) is 1.21. The summed E-state index contributed by atoms with van der Waals surface area (Å²) in [6.07, 6.45) is 4.86. The van der Waals surface area contributed by atoms with E-state index < -0.39 is 0 Å². The number of epoxide rings is 1. The molecule has 1 atom stereocenters. The fraction of sp³-hybridized carbons (Fsp3) is 0.875. The number of ether oxygens (including phenoxy) is 1. The molecule has 2 fully saturated rings. The Balaban J connectivity index is 1.92. The van der Waals surface area contributed by atoms with Crippen LogP contribution in [0.15, 0.2) is 0 Å². The summed E-state index contributed by atoms with van der Waals surface area (Å²) >= 11 is 0. The highest BCUT2D eigenvalue weighted by Crippen LogP contribution is 2.46. The number of nitrogens with zero attached hydrogens (tertiary/aromatic N) is 1. The maximum Gasteiger partial charge on any atom is 0.0825 e. The first-order valence-corrected chi connectivity index (χ1v) is 3.88. The normalized spacial score (nSPS) is 34.1. The zero-order chi connectivity index (χ0) is 7.03. The summed E-state index contributed by atoms with van der Waals surface area (Å²) < 4.78 is 5.09. The molecule has 0 aromatic rings. The van der Waals surface area contributed by atoms with Gasteiger partial charge in [-0.1, -0.05) is 6.42 Å². The molecule has 1 heterocycles. The van der Waals surface area contributed by atoms with Gasteiger partial charge in [0.05, 0.1) is 24.2 Å². The second-order valence-corrected chi connectivity index (χ2v) is 3.41. The highest BCUT2D eigenvalue weighted by atomic mass is 16.6. The van der Waals surface area contributed by atoms with Crippen molar-refractivity contribution in [1.82, 2.24) is 0 Å². The molecule has 1 saturated carbocycles. The van der Waals surface area contributed by atoms with Gasteiger partial charge in [-0.05, 0) is 19.3 Å². The first kappa shape index (κ1) is 6.18. The predicted octanol–water partition coefficient (Wildman–Crippen LogP) is 1.47. The van der Waals surface area contributed by atoms with Gasteiger partial charge in [0.15, 0.2) is 0 Å². The van der Waals surface area contributed by atoms with Crippen molar-refractivity contribution in [3.05, 3.63) is 0 Å². The van der Waals surface area contributed by atoms with Gasteiger partial charge < -0.3 is 4.74 Å². The van der Waals surface area contributed by atoms with E-state index in [1.165, 1.54) is 6.42 Å². The summed E-state index contributed by atoms with van der Waals surface area (Å²) in [6.45, 7) is 0.892. The number of hydrogen-bond donors (Lipinski definition) is 0. The van der Waals surface area contributed by atoms with Gasteiger partial charge in [-0.15, -0.1) is 0 Å². The van der Waals surface area contributed by atoms with E-state index in [2.05, 4.69) is 6.07 Å². The van der Waals surface area contributed by atoms with Crippen LogP contribution in [0.25, 0.3) is 0 Å². The SMILES string of the molecule is N#CC1(C[C@H]2CO2)CCC1. The van der Waals surface area contributed by atoms with Crippen LogP contribution in [0.3, 0.4) is 0 Å². The summed E-state index contributed by atoms with van der Waals surface area (Å²) in [5, 5.41) is 8.81. The minimum Gasteiger partial charge on any atom is -0.373 e. The highest BCUT2D eigenvalue weighted by Gasteiger charge is 2.42. The van der Waals surface area contributed by atoms with E-state index in [9.17, 15) is 0 Å². The van der Waals surface area contributed by atoms with E-state index in [1.54, 1.807) is 0 Å². The molecule has 2 heteroatoms. The van der Waals surface area contributed by atoms with Gasteiger partial charge in [0.25, 0.3) is 0 Å². The van der Waals surface area contributed by atoms with Crippen LogP contribution in [-0.4, -0.2) is 12.7 Å². The van der Waals surface area contributed by atoms with Crippen molar-refractivity contribution < 1.29 is 4.74 Å². The Labute approximate surface area is 60.8 Å². The zero-order valence-electron chi connectivity index (χ0n) is 5.97. The molecular formula is C8H11NO. The Morgan fingerprint density at radius 1 is 1.60 bits per heavy atom. The molecule has 0 unspecified atom stereocenters. The van der Waals surface area contributed by atoms with Gasteiger partial charge in [0.1, 0.15) is 0 Å². The van der Waals surface area contributed by atoms with Gasteiger partial charge in [0.2, 0.25) is 0 Å². The minimum absolute atomic E-state index is 0.0289. The monoisotopic (exact) mass is 137 g/mol. The van der Waals surface area contributed by atoms with E-state index in [0.717, 1.165) is 25.9 Å². The lowest BCUT2D eigenvalue weighted by atomic mass is 9.67. The van der Waals surface area contributed by atoms with Crippen LogP contribution in [0.4, 0.5) is 0 Å². The van der Waals surface area contributed by atoms with Crippen molar-refractivity contribution in [1.29, 1.82) is 5.26 Å². The van der Waals surface area contributed by atoms with Gasteiger partial charge in [0, 0.05) is 0 Å². The average molecular weight is 137 g/mol. The third-order valence-electron chi connectivity index (χ3n) is 2.57. The molecule has 0 N–H and O–H groups in total. The molecule has 0 amide bonds. The van der Waals surface area contributed by atoms with Gasteiger partial charge in [-0.25, -0.2) is 0 Å². The molecule has 0 spiro atoms. The largest absolute Gasteiger partial charge is 0.373 e. The Bertz CT molecular complexity index is 174. The lowest BCUT2D eigenvalue weighted by Gasteiger charge is -2.34. The van der Waals surface area contributed by atoms with Crippen LogP contribution in [0.1, 0.15) is 25.7 Å². The van der Waals surface area contributed by atoms with E-state index in [-0.39, 0.29) is 5.41 Å². The van der Waals surface area contributed by atoms with E-state index in [4.69, 9.17) is 10.00 Å². The summed E-state index contributed by atoms with van der Waals surface area (Å²) in [6, 6.07) is 2.41. The smallest absolute Gasteiger partial charge is 0.0825 e. The second kappa shape index (κ2) is 1.96. The van der Waals surface area contributed by atoms with Crippen LogP contribution in [0.5, 0.6) is 0 Å². The number of hydrogen-bond acceptors (Lipinski definition) is 2. The Morgan fingerprint density at radius 3 is 2.60 bits per heavy atom. The van der Waals surface area contributed by atoms with Crippen molar-refractivity contribution in [3.8, 4) is 6.07 Å². The number of rotatable bonds is 2. The first-order chi connectivity index (χ1) is 4.85. The summed E-state index contributed by atoms with van der Waals surface area (Å²) in [5.41, 5.74) is 0.0289. The molecular weight excluding hydrogens is 126 g/mol. The first-order valence-electron chi connectivity index (χ1n) is 3.88.